The Morgan fingerprint density at radius 1 is 0.950 bits per heavy atom. The van der Waals surface area contributed by atoms with Crippen molar-refractivity contribution >= 4 is 11.8 Å². The number of rotatable bonds is 5. The molecule has 2 rings (SSSR count). The van der Waals surface area contributed by atoms with E-state index >= 15 is 0 Å². The molecule has 2 heteroatoms. The van der Waals surface area contributed by atoms with Crippen LogP contribution in [0.15, 0.2) is 47.4 Å². The molecule has 1 unspecified atom stereocenters. The van der Waals surface area contributed by atoms with Crippen LogP contribution >= 0.6 is 11.8 Å². The van der Waals surface area contributed by atoms with Crippen molar-refractivity contribution in [1.29, 1.82) is 0 Å². The third-order valence-electron chi connectivity index (χ3n) is 3.43. The van der Waals surface area contributed by atoms with Crippen LogP contribution in [0.4, 0.5) is 0 Å². The van der Waals surface area contributed by atoms with Gasteiger partial charge in [0.1, 0.15) is 0 Å². The summed E-state index contributed by atoms with van der Waals surface area (Å²) in [6.07, 6.45) is 2.11. The van der Waals surface area contributed by atoms with Gasteiger partial charge in [0.25, 0.3) is 0 Å². The number of nitrogens with one attached hydrogen (secondary N) is 1. The quantitative estimate of drug-likeness (QED) is 0.797. The lowest BCUT2D eigenvalue weighted by Gasteiger charge is -2.20. The van der Waals surface area contributed by atoms with Crippen LogP contribution in [0.3, 0.4) is 0 Å². The minimum absolute atomic E-state index is 0.273. The first-order valence-corrected chi connectivity index (χ1v) is 8.32. The lowest BCUT2D eigenvalue weighted by molar-refractivity contribution is 0.629. The summed E-state index contributed by atoms with van der Waals surface area (Å²) < 4.78 is 0. The fraction of sp³-hybridized carbons (Fsp3) is 0.333. The highest BCUT2D eigenvalue weighted by molar-refractivity contribution is 7.98. The SMILES string of the molecule is CCNC(c1ccc(SC)cc1)c1cc(C)cc(C)c1. The zero-order chi connectivity index (χ0) is 14.5. The van der Waals surface area contributed by atoms with Gasteiger partial charge in [-0.25, -0.2) is 0 Å². The highest BCUT2D eigenvalue weighted by Gasteiger charge is 2.13. The number of hydrogen-bond acceptors (Lipinski definition) is 2. The van der Waals surface area contributed by atoms with E-state index in [4.69, 9.17) is 0 Å². The first-order chi connectivity index (χ1) is 9.63. The van der Waals surface area contributed by atoms with Gasteiger partial charge in [-0.2, -0.15) is 0 Å². The first kappa shape index (κ1) is 15.1. The first-order valence-electron chi connectivity index (χ1n) is 7.09. The normalized spacial score (nSPS) is 12.4. The highest BCUT2D eigenvalue weighted by Crippen LogP contribution is 2.26. The summed E-state index contributed by atoms with van der Waals surface area (Å²) in [6.45, 7) is 7.44. The molecule has 0 aliphatic carbocycles. The third kappa shape index (κ3) is 3.65. The minimum atomic E-state index is 0.273. The van der Waals surface area contributed by atoms with Gasteiger partial charge in [0.05, 0.1) is 6.04 Å². The Balaban J connectivity index is 2.38. The molecule has 20 heavy (non-hydrogen) atoms. The Hall–Kier alpha value is -1.25. The molecular formula is C18H23NS. The van der Waals surface area contributed by atoms with E-state index in [0.717, 1.165) is 6.54 Å². The van der Waals surface area contributed by atoms with Gasteiger partial charge in [0.15, 0.2) is 0 Å². The van der Waals surface area contributed by atoms with E-state index in [9.17, 15) is 0 Å². The van der Waals surface area contributed by atoms with E-state index in [1.807, 2.05) is 0 Å². The third-order valence-corrected chi connectivity index (χ3v) is 4.18. The molecule has 2 aromatic rings. The van der Waals surface area contributed by atoms with E-state index in [1.54, 1.807) is 11.8 Å². The van der Waals surface area contributed by atoms with Gasteiger partial charge in [-0.15, -0.1) is 11.8 Å². The van der Waals surface area contributed by atoms with Crippen LogP contribution in [0.5, 0.6) is 0 Å². The molecule has 2 aromatic carbocycles. The van der Waals surface area contributed by atoms with E-state index in [-0.39, 0.29) is 6.04 Å². The molecule has 1 atom stereocenters. The van der Waals surface area contributed by atoms with Crippen molar-refractivity contribution < 1.29 is 0 Å². The summed E-state index contributed by atoms with van der Waals surface area (Å²) in [6, 6.07) is 15.9. The van der Waals surface area contributed by atoms with Gasteiger partial charge in [0.2, 0.25) is 0 Å². The van der Waals surface area contributed by atoms with Crippen LogP contribution in [-0.2, 0) is 0 Å². The second-order valence-electron chi connectivity index (χ2n) is 5.18. The maximum atomic E-state index is 3.60. The second-order valence-corrected chi connectivity index (χ2v) is 6.06. The Morgan fingerprint density at radius 3 is 2.05 bits per heavy atom. The van der Waals surface area contributed by atoms with Crippen molar-refractivity contribution in [3.8, 4) is 0 Å². The van der Waals surface area contributed by atoms with E-state index < -0.39 is 0 Å². The van der Waals surface area contributed by atoms with E-state index in [0.29, 0.717) is 0 Å². The Kier molecular flexibility index (Phi) is 5.27. The van der Waals surface area contributed by atoms with Crippen LogP contribution < -0.4 is 5.32 Å². The average molecular weight is 285 g/mol. The summed E-state index contributed by atoms with van der Waals surface area (Å²) in [5.74, 6) is 0. The fourth-order valence-electron chi connectivity index (χ4n) is 2.61. The van der Waals surface area contributed by atoms with Crippen LogP contribution in [0.25, 0.3) is 0 Å². The lowest BCUT2D eigenvalue weighted by atomic mass is 9.95. The molecule has 0 amide bonds. The molecule has 1 N–H and O–H groups in total. The molecule has 0 aliphatic heterocycles. The Bertz CT molecular complexity index is 540. The Morgan fingerprint density at radius 2 is 1.55 bits per heavy atom. The summed E-state index contributed by atoms with van der Waals surface area (Å²) in [7, 11) is 0. The van der Waals surface area contributed by atoms with Gasteiger partial charge < -0.3 is 5.32 Å². The van der Waals surface area contributed by atoms with Gasteiger partial charge in [-0.3, -0.25) is 0 Å². The lowest BCUT2D eigenvalue weighted by Crippen LogP contribution is -2.22. The van der Waals surface area contributed by atoms with Crippen LogP contribution in [0.2, 0.25) is 0 Å². The highest BCUT2D eigenvalue weighted by atomic mass is 32.2. The fourth-order valence-corrected chi connectivity index (χ4v) is 3.01. The summed E-state index contributed by atoms with van der Waals surface area (Å²) in [5, 5.41) is 3.60. The summed E-state index contributed by atoms with van der Waals surface area (Å²) >= 11 is 1.78. The van der Waals surface area contributed by atoms with E-state index in [1.165, 1.54) is 27.1 Å². The molecule has 0 fully saturated rings. The van der Waals surface area contributed by atoms with Crippen molar-refractivity contribution in [2.24, 2.45) is 0 Å². The number of aryl methyl sites for hydroxylation is 2. The summed E-state index contributed by atoms with van der Waals surface area (Å²) in [4.78, 5) is 1.31. The van der Waals surface area contributed by atoms with Gasteiger partial charge in [0, 0.05) is 4.90 Å². The predicted octanol–water partition coefficient (Wildman–Crippen LogP) is 4.72. The predicted molar refractivity (Wildman–Crippen MR) is 89.7 cm³/mol. The largest absolute Gasteiger partial charge is 0.307 e. The number of hydrogen-bond donors (Lipinski definition) is 1. The van der Waals surface area contributed by atoms with Crippen molar-refractivity contribution in [3.63, 3.8) is 0 Å². The molecule has 0 saturated carbocycles. The van der Waals surface area contributed by atoms with Gasteiger partial charge in [-0.1, -0.05) is 48.4 Å². The molecule has 0 heterocycles. The molecule has 0 aromatic heterocycles. The van der Waals surface area contributed by atoms with E-state index in [2.05, 4.69) is 74.8 Å². The monoisotopic (exact) mass is 285 g/mol. The number of benzene rings is 2. The maximum absolute atomic E-state index is 3.60. The molecule has 1 nitrogen and oxygen atoms in total. The van der Waals surface area contributed by atoms with Gasteiger partial charge >= 0.3 is 0 Å². The molecule has 0 radical (unpaired) electrons. The number of thioether (sulfide) groups is 1. The standard InChI is InChI=1S/C18H23NS/c1-5-19-18(15-6-8-17(20-4)9-7-15)16-11-13(2)10-14(3)12-16/h6-12,18-19H,5H2,1-4H3. The van der Waals surface area contributed by atoms with Crippen LogP contribution in [-0.4, -0.2) is 12.8 Å². The zero-order valence-electron chi connectivity index (χ0n) is 12.7. The smallest absolute Gasteiger partial charge is 0.0576 e. The second kappa shape index (κ2) is 6.96. The summed E-state index contributed by atoms with van der Waals surface area (Å²) in [5.41, 5.74) is 5.32. The molecule has 0 spiro atoms. The Labute approximate surface area is 126 Å². The molecule has 0 bridgehead atoms. The van der Waals surface area contributed by atoms with Gasteiger partial charge in [-0.05, 0) is 49.9 Å². The topological polar surface area (TPSA) is 12.0 Å². The minimum Gasteiger partial charge on any atom is -0.307 e. The maximum Gasteiger partial charge on any atom is 0.0576 e. The molecular weight excluding hydrogens is 262 g/mol. The van der Waals surface area contributed by atoms with Crippen molar-refractivity contribution in [1.82, 2.24) is 5.32 Å². The molecule has 0 aliphatic rings. The van der Waals surface area contributed by atoms with Crippen LogP contribution in [0, 0.1) is 13.8 Å². The van der Waals surface area contributed by atoms with Crippen molar-refractivity contribution in [3.05, 3.63) is 64.7 Å². The van der Waals surface area contributed by atoms with Crippen LogP contribution in [0.1, 0.15) is 35.2 Å². The van der Waals surface area contributed by atoms with Crippen molar-refractivity contribution in [2.75, 3.05) is 12.8 Å². The average Bonchev–Trinajstić information content (AvgIpc) is 2.44. The molecule has 106 valence electrons. The molecule has 0 saturated heterocycles. The zero-order valence-corrected chi connectivity index (χ0v) is 13.6. The van der Waals surface area contributed by atoms with Crippen molar-refractivity contribution in [2.45, 2.75) is 31.7 Å².